The molecule has 154 valence electrons. The zero-order chi connectivity index (χ0) is 20.2. The number of aromatic nitrogens is 2. The third-order valence-electron chi connectivity index (χ3n) is 6.10. The van der Waals surface area contributed by atoms with Gasteiger partial charge in [-0.25, -0.2) is 9.97 Å². The van der Waals surface area contributed by atoms with Crippen LogP contribution in [0, 0.1) is 11.8 Å². The van der Waals surface area contributed by atoms with E-state index in [0.29, 0.717) is 17.4 Å². The summed E-state index contributed by atoms with van der Waals surface area (Å²) in [5, 5.41) is 3.28. The summed E-state index contributed by atoms with van der Waals surface area (Å²) in [7, 11) is 0. The molecule has 1 aromatic carbocycles. The quantitative estimate of drug-likeness (QED) is 0.838. The lowest BCUT2D eigenvalue weighted by molar-refractivity contribution is 0.0676. The van der Waals surface area contributed by atoms with Crippen LogP contribution in [-0.4, -0.2) is 47.0 Å². The van der Waals surface area contributed by atoms with Crippen molar-refractivity contribution in [2.24, 2.45) is 11.8 Å². The molecule has 2 fully saturated rings. The van der Waals surface area contributed by atoms with E-state index in [-0.39, 0.29) is 5.91 Å². The number of benzene rings is 1. The second-order valence-electron chi connectivity index (χ2n) is 8.63. The summed E-state index contributed by atoms with van der Waals surface area (Å²) < 4.78 is 0. The molecule has 2 saturated heterocycles. The number of hydrogen-bond donors (Lipinski definition) is 1. The maximum absolute atomic E-state index is 12.6. The molecule has 3 heterocycles. The van der Waals surface area contributed by atoms with Crippen LogP contribution in [0.2, 0.25) is 0 Å². The van der Waals surface area contributed by atoms with Crippen LogP contribution in [0.4, 0.5) is 17.2 Å². The highest BCUT2D eigenvalue weighted by Crippen LogP contribution is 2.25. The van der Waals surface area contributed by atoms with Gasteiger partial charge in [0, 0.05) is 37.6 Å². The van der Waals surface area contributed by atoms with Gasteiger partial charge >= 0.3 is 0 Å². The van der Waals surface area contributed by atoms with Crippen molar-refractivity contribution >= 4 is 23.1 Å². The number of carbonyl (C=O) groups is 1. The highest BCUT2D eigenvalue weighted by molar-refractivity contribution is 5.92. The number of anilines is 3. The summed E-state index contributed by atoms with van der Waals surface area (Å²) in [4.78, 5) is 25.7. The van der Waals surface area contributed by atoms with Gasteiger partial charge in [0.2, 0.25) is 0 Å². The molecule has 2 aliphatic rings. The zero-order valence-corrected chi connectivity index (χ0v) is 17.5. The minimum Gasteiger partial charge on any atom is -0.372 e. The Labute approximate surface area is 173 Å². The van der Waals surface area contributed by atoms with Gasteiger partial charge in [0.1, 0.15) is 11.5 Å². The van der Waals surface area contributed by atoms with Crippen LogP contribution in [-0.2, 0) is 0 Å². The lowest BCUT2D eigenvalue weighted by Gasteiger charge is -2.32. The van der Waals surface area contributed by atoms with E-state index in [1.54, 1.807) is 12.4 Å². The standard InChI is InChI=1S/C23H31N5O/c1-17-9-12-27(13-10-17)20-7-5-19(6-8-20)26-22-15-24-21(14-25-22)23(29)28-11-3-4-18(2)16-28/h5-8,14-15,17-18H,3-4,9-13,16H2,1-2H3,(H,25,26). The molecule has 1 N–H and O–H groups in total. The highest BCUT2D eigenvalue weighted by Gasteiger charge is 2.23. The number of likely N-dealkylation sites (tertiary alicyclic amines) is 1. The highest BCUT2D eigenvalue weighted by atomic mass is 16.2. The Morgan fingerprint density at radius 2 is 1.72 bits per heavy atom. The molecule has 0 aliphatic carbocycles. The fourth-order valence-corrected chi connectivity index (χ4v) is 4.21. The van der Waals surface area contributed by atoms with Crippen molar-refractivity contribution in [1.82, 2.24) is 14.9 Å². The SMILES string of the molecule is CC1CCN(c2ccc(Nc3cnc(C(=O)N4CCCC(C)C4)cn3)cc2)CC1. The molecule has 29 heavy (non-hydrogen) atoms. The summed E-state index contributed by atoms with van der Waals surface area (Å²) in [6.07, 6.45) is 7.99. The van der Waals surface area contributed by atoms with Crippen molar-refractivity contribution in [2.45, 2.75) is 39.5 Å². The van der Waals surface area contributed by atoms with Gasteiger partial charge in [-0.2, -0.15) is 0 Å². The van der Waals surface area contributed by atoms with Crippen LogP contribution >= 0.6 is 0 Å². The number of rotatable bonds is 4. The third-order valence-corrected chi connectivity index (χ3v) is 6.10. The summed E-state index contributed by atoms with van der Waals surface area (Å²) in [6.45, 7) is 8.40. The number of piperidine rings is 2. The average molecular weight is 394 g/mol. The number of amides is 1. The van der Waals surface area contributed by atoms with Crippen molar-refractivity contribution in [3.05, 3.63) is 42.4 Å². The molecule has 4 rings (SSSR count). The first-order valence-electron chi connectivity index (χ1n) is 10.8. The van der Waals surface area contributed by atoms with Crippen LogP contribution in [0.15, 0.2) is 36.7 Å². The van der Waals surface area contributed by atoms with Crippen molar-refractivity contribution in [3.63, 3.8) is 0 Å². The molecule has 2 aromatic rings. The van der Waals surface area contributed by atoms with Gasteiger partial charge in [0.15, 0.2) is 0 Å². The molecular weight excluding hydrogens is 362 g/mol. The Morgan fingerprint density at radius 3 is 2.38 bits per heavy atom. The van der Waals surface area contributed by atoms with Crippen LogP contribution in [0.5, 0.6) is 0 Å². The molecule has 0 bridgehead atoms. The number of nitrogens with one attached hydrogen (secondary N) is 1. The number of hydrogen-bond acceptors (Lipinski definition) is 5. The summed E-state index contributed by atoms with van der Waals surface area (Å²) >= 11 is 0. The van der Waals surface area contributed by atoms with E-state index < -0.39 is 0 Å². The molecule has 0 spiro atoms. The van der Waals surface area contributed by atoms with E-state index in [4.69, 9.17) is 0 Å². The predicted octanol–water partition coefficient (Wildman–Crippen LogP) is 4.33. The second-order valence-corrected chi connectivity index (χ2v) is 8.63. The Kier molecular flexibility index (Phi) is 5.97. The van der Waals surface area contributed by atoms with Crippen LogP contribution in [0.1, 0.15) is 50.0 Å². The molecule has 6 heteroatoms. The van der Waals surface area contributed by atoms with Gasteiger partial charge in [-0.15, -0.1) is 0 Å². The van der Waals surface area contributed by atoms with E-state index in [9.17, 15) is 4.79 Å². The molecule has 1 atom stereocenters. The van der Waals surface area contributed by atoms with Crippen LogP contribution < -0.4 is 10.2 Å². The van der Waals surface area contributed by atoms with E-state index >= 15 is 0 Å². The van der Waals surface area contributed by atoms with Gasteiger partial charge in [0.05, 0.1) is 12.4 Å². The molecule has 1 amide bonds. The lowest BCUT2D eigenvalue weighted by atomic mass is 9.99. The van der Waals surface area contributed by atoms with Crippen LogP contribution in [0.25, 0.3) is 0 Å². The molecule has 6 nitrogen and oxygen atoms in total. The molecule has 2 aliphatic heterocycles. The normalized spacial score (nSPS) is 20.6. The molecule has 1 unspecified atom stereocenters. The fourth-order valence-electron chi connectivity index (χ4n) is 4.21. The van der Waals surface area contributed by atoms with Gasteiger partial charge < -0.3 is 15.1 Å². The van der Waals surface area contributed by atoms with Crippen molar-refractivity contribution in [2.75, 3.05) is 36.4 Å². The smallest absolute Gasteiger partial charge is 0.274 e. The molecular formula is C23H31N5O. The maximum atomic E-state index is 12.6. The largest absolute Gasteiger partial charge is 0.372 e. The van der Waals surface area contributed by atoms with Crippen molar-refractivity contribution < 1.29 is 4.79 Å². The minimum absolute atomic E-state index is 0.0178. The maximum Gasteiger partial charge on any atom is 0.274 e. The first kappa shape index (κ1) is 19.7. The monoisotopic (exact) mass is 393 g/mol. The Bertz CT molecular complexity index is 812. The van der Waals surface area contributed by atoms with E-state index in [2.05, 4.69) is 58.3 Å². The number of nitrogens with zero attached hydrogens (tertiary/aromatic N) is 4. The van der Waals surface area contributed by atoms with Crippen molar-refractivity contribution in [3.8, 4) is 0 Å². The molecule has 1 aromatic heterocycles. The Balaban J connectivity index is 1.35. The number of carbonyl (C=O) groups excluding carboxylic acids is 1. The Hall–Kier alpha value is -2.63. The van der Waals surface area contributed by atoms with Gasteiger partial charge in [0.25, 0.3) is 5.91 Å². The first-order valence-corrected chi connectivity index (χ1v) is 10.8. The molecule has 0 radical (unpaired) electrons. The fraction of sp³-hybridized carbons (Fsp3) is 0.522. The second kappa shape index (κ2) is 8.80. The summed E-state index contributed by atoms with van der Waals surface area (Å²) in [5.74, 6) is 2.01. The average Bonchev–Trinajstić information content (AvgIpc) is 2.75. The lowest BCUT2D eigenvalue weighted by Crippen LogP contribution is -2.39. The zero-order valence-electron chi connectivity index (χ0n) is 17.5. The molecule has 0 saturated carbocycles. The minimum atomic E-state index is -0.0178. The topological polar surface area (TPSA) is 61.4 Å². The third kappa shape index (κ3) is 4.86. The van der Waals surface area contributed by atoms with Crippen molar-refractivity contribution in [1.29, 1.82) is 0 Å². The van der Waals surface area contributed by atoms with E-state index in [0.717, 1.165) is 44.2 Å². The van der Waals surface area contributed by atoms with Gasteiger partial charge in [-0.05, 0) is 61.8 Å². The van der Waals surface area contributed by atoms with E-state index in [1.807, 2.05) is 4.90 Å². The van der Waals surface area contributed by atoms with Gasteiger partial charge in [-0.1, -0.05) is 13.8 Å². The van der Waals surface area contributed by atoms with Crippen LogP contribution in [0.3, 0.4) is 0 Å². The predicted molar refractivity (Wildman–Crippen MR) is 117 cm³/mol. The summed E-state index contributed by atoms with van der Waals surface area (Å²) in [5.41, 5.74) is 2.65. The van der Waals surface area contributed by atoms with E-state index in [1.165, 1.54) is 24.9 Å². The summed E-state index contributed by atoms with van der Waals surface area (Å²) in [6, 6.07) is 8.45. The van der Waals surface area contributed by atoms with Gasteiger partial charge in [-0.3, -0.25) is 4.79 Å². The first-order chi connectivity index (χ1) is 14.1. The Morgan fingerprint density at radius 1 is 0.966 bits per heavy atom.